The number of benzene rings is 4. The molecule has 0 bridgehead atoms. The second-order valence-electron chi connectivity index (χ2n) is 15.2. The topological polar surface area (TPSA) is 116 Å². The summed E-state index contributed by atoms with van der Waals surface area (Å²) in [4.78, 5) is 35.6. The third-order valence-electron chi connectivity index (χ3n) is 10.1. The highest BCUT2D eigenvalue weighted by atomic mass is 16.7. The summed E-state index contributed by atoms with van der Waals surface area (Å²) < 4.78 is 39.2. The van der Waals surface area contributed by atoms with Crippen LogP contribution in [0.2, 0.25) is 0 Å². The minimum Gasteiger partial charge on any atom is -0.494 e. The van der Waals surface area contributed by atoms with Crippen molar-refractivity contribution in [3.05, 3.63) is 144 Å². The molecule has 0 radical (unpaired) electrons. The second-order valence-corrected chi connectivity index (χ2v) is 15.2. The number of carbonyl (C=O) groups is 3. The third kappa shape index (κ3) is 15.2. The normalized spacial score (nSPS) is 12.7. The Morgan fingerprint density at radius 2 is 1.00 bits per heavy atom. The summed E-state index contributed by atoms with van der Waals surface area (Å²) in [7, 11) is 0. The Morgan fingerprint density at radius 1 is 0.548 bits per heavy atom. The maximum Gasteiger partial charge on any atom is 0.336 e. The summed E-state index contributed by atoms with van der Waals surface area (Å²) >= 11 is 0. The zero-order chi connectivity index (χ0) is 44.1. The van der Waals surface area contributed by atoms with Gasteiger partial charge in [0.1, 0.15) is 23.0 Å². The molecule has 326 valence electrons. The standard InChI is InChI=1S/C52H58O10/c1-37(2)51(54)59-31-12-8-6-10-29-57-42-19-14-40(15-20-42)18-27-50(53)62-45-24-26-47-46-25-23-44(34-48(46)39(5)49(47)35-45)61-36-56-33-28-41-16-21-43(22-17-41)58-30-11-7-9-13-32-60-52(55)38(3)4/h14-28,33-35,39H,1,3,6-13,29-32,36H2,2,4-5H3. The van der Waals surface area contributed by atoms with E-state index in [1.807, 2.05) is 84.9 Å². The first-order chi connectivity index (χ1) is 30.1. The van der Waals surface area contributed by atoms with Gasteiger partial charge in [0.2, 0.25) is 6.79 Å². The first kappa shape index (κ1) is 46.5. The van der Waals surface area contributed by atoms with Gasteiger partial charge >= 0.3 is 17.9 Å². The Balaban J connectivity index is 0.971. The molecule has 4 aromatic rings. The molecule has 0 spiro atoms. The van der Waals surface area contributed by atoms with Crippen LogP contribution in [0.25, 0.3) is 23.3 Å². The van der Waals surface area contributed by atoms with Crippen molar-refractivity contribution in [1.82, 2.24) is 0 Å². The lowest BCUT2D eigenvalue weighted by atomic mass is 9.99. The van der Waals surface area contributed by atoms with E-state index in [9.17, 15) is 14.4 Å². The van der Waals surface area contributed by atoms with Gasteiger partial charge in [-0.3, -0.25) is 0 Å². The Hall–Kier alpha value is -6.55. The lowest BCUT2D eigenvalue weighted by molar-refractivity contribution is -0.139. The molecule has 0 fully saturated rings. The van der Waals surface area contributed by atoms with Crippen molar-refractivity contribution >= 4 is 30.1 Å². The smallest absolute Gasteiger partial charge is 0.336 e. The van der Waals surface area contributed by atoms with Gasteiger partial charge in [-0.25, -0.2) is 14.4 Å². The van der Waals surface area contributed by atoms with Crippen LogP contribution >= 0.6 is 0 Å². The molecule has 1 aliphatic rings. The van der Waals surface area contributed by atoms with E-state index in [1.165, 1.54) is 6.08 Å². The van der Waals surface area contributed by atoms with Crippen LogP contribution in [0.3, 0.4) is 0 Å². The molecule has 1 unspecified atom stereocenters. The number of ether oxygens (including phenoxy) is 7. The molecule has 0 heterocycles. The number of rotatable bonds is 26. The van der Waals surface area contributed by atoms with E-state index < -0.39 is 5.97 Å². The van der Waals surface area contributed by atoms with E-state index in [0.717, 1.165) is 96.2 Å². The Kier molecular flexibility index (Phi) is 18.5. The Bertz CT molecular complexity index is 2180. The van der Waals surface area contributed by atoms with Gasteiger partial charge in [0.25, 0.3) is 0 Å². The predicted molar refractivity (Wildman–Crippen MR) is 242 cm³/mol. The van der Waals surface area contributed by atoms with Gasteiger partial charge in [0, 0.05) is 23.1 Å². The second kappa shape index (κ2) is 24.6. The third-order valence-corrected chi connectivity index (χ3v) is 10.1. The molecule has 0 saturated carbocycles. The van der Waals surface area contributed by atoms with Gasteiger partial charge in [0.15, 0.2) is 0 Å². The minimum atomic E-state index is -0.463. The highest BCUT2D eigenvalue weighted by molar-refractivity contribution is 5.89. The summed E-state index contributed by atoms with van der Waals surface area (Å²) in [5, 5.41) is 0. The summed E-state index contributed by atoms with van der Waals surface area (Å²) in [6.07, 6.45) is 14.0. The zero-order valence-corrected chi connectivity index (χ0v) is 36.2. The van der Waals surface area contributed by atoms with Crippen molar-refractivity contribution in [3.8, 4) is 34.1 Å². The fourth-order valence-corrected chi connectivity index (χ4v) is 6.61. The SMILES string of the molecule is C=C(C)C(=O)OCCCCCCOc1ccc(C=COCOc2ccc3c(c2)C(C)c2cc(OC(=O)C=Cc4ccc(OCCCCCCOC(=O)C(=C)C)cc4)ccc2-3)cc1. The highest BCUT2D eigenvalue weighted by Gasteiger charge is 2.26. The number of hydrogen-bond donors (Lipinski definition) is 0. The van der Waals surface area contributed by atoms with Crippen molar-refractivity contribution in [2.24, 2.45) is 0 Å². The van der Waals surface area contributed by atoms with E-state index in [4.69, 9.17) is 33.2 Å². The van der Waals surface area contributed by atoms with Crippen LogP contribution in [0.5, 0.6) is 23.0 Å². The summed E-state index contributed by atoms with van der Waals surface area (Å²) in [6.45, 7) is 14.7. The van der Waals surface area contributed by atoms with Gasteiger partial charge in [-0.05, 0) is 159 Å². The van der Waals surface area contributed by atoms with Gasteiger partial charge in [-0.15, -0.1) is 0 Å². The molecule has 0 aliphatic heterocycles. The minimum absolute atomic E-state index is 0.0554. The van der Waals surface area contributed by atoms with Gasteiger partial charge < -0.3 is 33.2 Å². The van der Waals surface area contributed by atoms with Crippen LogP contribution in [0, 0.1) is 0 Å². The molecule has 1 atom stereocenters. The number of unbranched alkanes of at least 4 members (excludes halogenated alkanes) is 6. The Morgan fingerprint density at radius 3 is 1.52 bits per heavy atom. The molecule has 10 heteroatoms. The van der Waals surface area contributed by atoms with E-state index in [0.29, 0.717) is 49.1 Å². The molecule has 5 rings (SSSR count). The monoisotopic (exact) mass is 842 g/mol. The lowest BCUT2D eigenvalue weighted by Gasteiger charge is -2.10. The van der Waals surface area contributed by atoms with Crippen LogP contribution in [0.1, 0.15) is 100 Å². The maximum atomic E-state index is 12.8. The molecule has 0 saturated heterocycles. The summed E-state index contributed by atoms with van der Waals surface area (Å²) in [5.74, 6) is 1.70. The summed E-state index contributed by atoms with van der Waals surface area (Å²) in [5.41, 5.74) is 7.10. The molecule has 0 aromatic heterocycles. The lowest BCUT2D eigenvalue weighted by Crippen LogP contribution is -2.06. The largest absolute Gasteiger partial charge is 0.494 e. The van der Waals surface area contributed by atoms with Crippen LogP contribution in [-0.4, -0.2) is 51.1 Å². The number of carbonyl (C=O) groups excluding carboxylic acids is 3. The van der Waals surface area contributed by atoms with Gasteiger partial charge in [-0.1, -0.05) is 56.5 Å². The van der Waals surface area contributed by atoms with Crippen molar-refractivity contribution in [2.75, 3.05) is 33.2 Å². The average Bonchev–Trinajstić information content (AvgIpc) is 3.54. The van der Waals surface area contributed by atoms with Crippen molar-refractivity contribution in [1.29, 1.82) is 0 Å². The molecule has 0 N–H and O–H groups in total. The van der Waals surface area contributed by atoms with Crippen molar-refractivity contribution < 1.29 is 47.5 Å². The van der Waals surface area contributed by atoms with Crippen LogP contribution in [-0.2, 0) is 28.6 Å². The fourth-order valence-electron chi connectivity index (χ4n) is 6.61. The van der Waals surface area contributed by atoms with Crippen LogP contribution in [0.15, 0.2) is 122 Å². The van der Waals surface area contributed by atoms with E-state index in [1.54, 1.807) is 26.2 Å². The van der Waals surface area contributed by atoms with E-state index in [2.05, 4.69) is 26.1 Å². The van der Waals surface area contributed by atoms with Gasteiger partial charge in [-0.2, -0.15) is 0 Å². The van der Waals surface area contributed by atoms with Crippen molar-refractivity contribution in [3.63, 3.8) is 0 Å². The molecule has 62 heavy (non-hydrogen) atoms. The molecule has 1 aliphatic carbocycles. The van der Waals surface area contributed by atoms with Gasteiger partial charge in [0.05, 0.1) is 32.7 Å². The molecular weight excluding hydrogens is 785 g/mol. The number of esters is 3. The highest BCUT2D eigenvalue weighted by Crippen LogP contribution is 2.47. The number of hydrogen-bond acceptors (Lipinski definition) is 10. The fraction of sp³-hybridized carbons (Fsp3) is 0.327. The summed E-state index contributed by atoms with van der Waals surface area (Å²) in [6, 6.07) is 27.1. The van der Waals surface area contributed by atoms with Crippen LogP contribution < -0.4 is 18.9 Å². The number of fused-ring (bicyclic) bond motifs is 3. The predicted octanol–water partition coefficient (Wildman–Crippen LogP) is 11.6. The molecule has 0 amide bonds. The quantitative estimate of drug-likeness (QED) is 0.0151. The molecule has 10 nitrogen and oxygen atoms in total. The van der Waals surface area contributed by atoms with E-state index in [-0.39, 0.29) is 24.6 Å². The maximum absolute atomic E-state index is 12.8. The average molecular weight is 843 g/mol. The zero-order valence-electron chi connectivity index (χ0n) is 36.2. The Labute approximate surface area is 365 Å². The van der Waals surface area contributed by atoms with Crippen molar-refractivity contribution in [2.45, 2.75) is 78.1 Å². The van der Waals surface area contributed by atoms with Crippen LogP contribution in [0.4, 0.5) is 0 Å². The van der Waals surface area contributed by atoms with E-state index >= 15 is 0 Å². The molecule has 4 aromatic carbocycles. The molecular formula is C52H58O10. The first-order valence-corrected chi connectivity index (χ1v) is 21.3. The first-order valence-electron chi connectivity index (χ1n) is 21.3.